The smallest absolute Gasteiger partial charge is 0.191 e. The number of ether oxygens (including phenoxy) is 2. The summed E-state index contributed by atoms with van der Waals surface area (Å²) in [5.74, 6) is 3.11. The highest BCUT2D eigenvalue weighted by atomic mass is 127. The second-order valence-corrected chi connectivity index (χ2v) is 7.21. The average molecular weight is 518 g/mol. The van der Waals surface area contributed by atoms with Crippen LogP contribution in [0.2, 0.25) is 0 Å². The lowest BCUT2D eigenvalue weighted by molar-refractivity contribution is 0.287. The topological polar surface area (TPSA) is 58.1 Å². The monoisotopic (exact) mass is 518 g/mol. The molecular weight excluding hydrogens is 479 g/mol. The Morgan fingerprint density at radius 3 is 2.52 bits per heavy atom. The van der Waals surface area contributed by atoms with Gasteiger partial charge in [-0.05, 0) is 70.8 Å². The van der Waals surface area contributed by atoms with Crippen LogP contribution in [0.3, 0.4) is 0 Å². The average Bonchev–Trinajstić information content (AvgIpc) is 3.16. The van der Waals surface area contributed by atoms with E-state index in [9.17, 15) is 0 Å². The van der Waals surface area contributed by atoms with E-state index in [2.05, 4.69) is 48.4 Å². The van der Waals surface area contributed by atoms with Gasteiger partial charge in [-0.2, -0.15) is 0 Å². The lowest BCUT2D eigenvalue weighted by atomic mass is 10.1. The van der Waals surface area contributed by atoms with Crippen LogP contribution in [0.25, 0.3) is 0 Å². The van der Waals surface area contributed by atoms with Crippen molar-refractivity contribution in [3.8, 4) is 11.5 Å². The normalized spacial score (nSPS) is 18.1. The standard InChI is InChI=1S/C22H38N4O2.HI/c1-6-23-22(24-15-18-12-13-26(7-2)16-18)25-17(5)19-10-11-20(27-8-3)21(14-19)28-9-4;/h10-11,14,17-18H,6-9,12-13,15-16H2,1-5H3,(H2,23,24,25);1H. The van der Waals surface area contributed by atoms with E-state index in [1.165, 1.54) is 13.0 Å². The first-order valence-electron chi connectivity index (χ1n) is 10.8. The van der Waals surface area contributed by atoms with Crippen LogP contribution in [-0.2, 0) is 0 Å². The molecule has 7 heteroatoms. The fraction of sp³-hybridized carbons (Fsp3) is 0.682. The van der Waals surface area contributed by atoms with Gasteiger partial charge in [-0.15, -0.1) is 24.0 Å². The first kappa shape index (κ1) is 25.8. The predicted octanol–water partition coefficient (Wildman–Crippen LogP) is 4.06. The summed E-state index contributed by atoms with van der Waals surface area (Å²) in [6.45, 7) is 16.9. The van der Waals surface area contributed by atoms with Gasteiger partial charge >= 0.3 is 0 Å². The Bertz CT molecular complexity index is 627. The minimum Gasteiger partial charge on any atom is -0.490 e. The summed E-state index contributed by atoms with van der Waals surface area (Å²) in [5.41, 5.74) is 1.15. The third kappa shape index (κ3) is 8.20. The van der Waals surface area contributed by atoms with Gasteiger partial charge in [-0.3, -0.25) is 4.99 Å². The van der Waals surface area contributed by atoms with Crippen LogP contribution in [0.1, 0.15) is 52.6 Å². The molecule has 2 rings (SSSR count). The number of aliphatic imine (C=N–C) groups is 1. The molecule has 1 aliphatic rings. The third-order valence-corrected chi connectivity index (χ3v) is 5.09. The molecule has 2 unspecified atom stereocenters. The number of benzene rings is 1. The number of nitrogens with zero attached hydrogens (tertiary/aromatic N) is 2. The molecule has 1 saturated heterocycles. The molecule has 166 valence electrons. The molecule has 1 aromatic rings. The van der Waals surface area contributed by atoms with Gasteiger partial charge in [-0.25, -0.2) is 0 Å². The quantitative estimate of drug-likeness (QED) is 0.278. The highest BCUT2D eigenvalue weighted by Crippen LogP contribution is 2.30. The molecule has 0 bridgehead atoms. The maximum absolute atomic E-state index is 5.77. The molecule has 1 aromatic carbocycles. The summed E-state index contributed by atoms with van der Waals surface area (Å²) >= 11 is 0. The van der Waals surface area contributed by atoms with Gasteiger partial charge in [0.25, 0.3) is 0 Å². The molecule has 0 aromatic heterocycles. The summed E-state index contributed by atoms with van der Waals surface area (Å²) in [6, 6.07) is 6.25. The fourth-order valence-corrected chi connectivity index (χ4v) is 3.51. The Hall–Kier alpha value is -1.22. The Labute approximate surface area is 193 Å². The second-order valence-electron chi connectivity index (χ2n) is 7.21. The Morgan fingerprint density at radius 1 is 1.17 bits per heavy atom. The van der Waals surface area contributed by atoms with Crippen molar-refractivity contribution in [3.05, 3.63) is 23.8 Å². The first-order valence-corrected chi connectivity index (χ1v) is 10.8. The SMILES string of the molecule is CCNC(=NCC1CCN(CC)C1)NC(C)c1ccc(OCC)c(OCC)c1.I. The first-order chi connectivity index (χ1) is 13.6. The van der Waals surface area contributed by atoms with Crippen molar-refractivity contribution in [1.82, 2.24) is 15.5 Å². The van der Waals surface area contributed by atoms with Crippen molar-refractivity contribution in [1.29, 1.82) is 0 Å². The molecular formula is C22H39IN4O2. The van der Waals surface area contributed by atoms with E-state index in [4.69, 9.17) is 14.5 Å². The predicted molar refractivity (Wildman–Crippen MR) is 132 cm³/mol. The van der Waals surface area contributed by atoms with Crippen LogP contribution < -0.4 is 20.1 Å². The zero-order valence-electron chi connectivity index (χ0n) is 18.7. The van der Waals surface area contributed by atoms with Crippen molar-refractivity contribution in [2.45, 2.75) is 47.1 Å². The van der Waals surface area contributed by atoms with Gasteiger partial charge in [-0.1, -0.05) is 13.0 Å². The Balaban J connectivity index is 0.00000420. The molecule has 2 N–H and O–H groups in total. The van der Waals surface area contributed by atoms with Crippen LogP contribution in [0.15, 0.2) is 23.2 Å². The van der Waals surface area contributed by atoms with E-state index in [0.29, 0.717) is 19.1 Å². The lowest BCUT2D eigenvalue weighted by Gasteiger charge is -2.20. The molecule has 0 spiro atoms. The number of hydrogen-bond donors (Lipinski definition) is 2. The highest BCUT2D eigenvalue weighted by Gasteiger charge is 2.21. The Kier molecular flexibility index (Phi) is 12.4. The summed E-state index contributed by atoms with van der Waals surface area (Å²) < 4.78 is 11.4. The number of halogens is 1. The van der Waals surface area contributed by atoms with Gasteiger partial charge < -0.3 is 25.0 Å². The fourth-order valence-electron chi connectivity index (χ4n) is 3.51. The minimum atomic E-state index is 0. The van der Waals surface area contributed by atoms with Crippen LogP contribution in [0.4, 0.5) is 0 Å². The molecule has 0 radical (unpaired) electrons. The molecule has 6 nitrogen and oxygen atoms in total. The number of nitrogens with one attached hydrogen (secondary N) is 2. The van der Waals surface area contributed by atoms with Gasteiger partial charge in [0, 0.05) is 19.6 Å². The van der Waals surface area contributed by atoms with E-state index in [1.807, 2.05) is 19.9 Å². The van der Waals surface area contributed by atoms with Gasteiger partial charge in [0.05, 0.1) is 19.3 Å². The number of guanidine groups is 1. The van der Waals surface area contributed by atoms with Gasteiger partial charge in [0.1, 0.15) is 0 Å². The van der Waals surface area contributed by atoms with Crippen molar-refractivity contribution in [2.75, 3.05) is 45.9 Å². The molecule has 1 fully saturated rings. The Morgan fingerprint density at radius 2 is 1.90 bits per heavy atom. The molecule has 2 atom stereocenters. The minimum absolute atomic E-state index is 0. The molecule has 1 heterocycles. The van der Waals surface area contributed by atoms with Crippen LogP contribution in [0.5, 0.6) is 11.5 Å². The second kappa shape index (κ2) is 13.9. The number of rotatable bonds is 10. The molecule has 0 saturated carbocycles. The number of hydrogen-bond acceptors (Lipinski definition) is 4. The van der Waals surface area contributed by atoms with Crippen molar-refractivity contribution in [2.24, 2.45) is 10.9 Å². The maximum Gasteiger partial charge on any atom is 0.191 e. The zero-order chi connectivity index (χ0) is 20.4. The molecule has 1 aliphatic heterocycles. The van der Waals surface area contributed by atoms with Crippen molar-refractivity contribution >= 4 is 29.9 Å². The maximum atomic E-state index is 5.77. The largest absolute Gasteiger partial charge is 0.490 e. The summed E-state index contributed by atoms with van der Waals surface area (Å²) in [7, 11) is 0. The van der Waals surface area contributed by atoms with Crippen LogP contribution in [-0.4, -0.2) is 56.8 Å². The zero-order valence-corrected chi connectivity index (χ0v) is 21.0. The van der Waals surface area contributed by atoms with E-state index in [-0.39, 0.29) is 30.0 Å². The molecule has 0 aliphatic carbocycles. The number of likely N-dealkylation sites (tertiary alicyclic amines) is 1. The van der Waals surface area contributed by atoms with Crippen LogP contribution >= 0.6 is 24.0 Å². The van der Waals surface area contributed by atoms with E-state index < -0.39 is 0 Å². The lowest BCUT2D eigenvalue weighted by Crippen LogP contribution is -2.39. The molecule has 29 heavy (non-hydrogen) atoms. The summed E-state index contributed by atoms with van der Waals surface area (Å²) in [5, 5.41) is 6.91. The van der Waals surface area contributed by atoms with E-state index in [1.54, 1.807) is 0 Å². The summed E-state index contributed by atoms with van der Waals surface area (Å²) in [4.78, 5) is 7.35. The van der Waals surface area contributed by atoms with E-state index in [0.717, 1.165) is 49.2 Å². The van der Waals surface area contributed by atoms with Gasteiger partial charge in [0.15, 0.2) is 17.5 Å². The molecule has 0 amide bonds. The third-order valence-electron chi connectivity index (χ3n) is 5.09. The van der Waals surface area contributed by atoms with Gasteiger partial charge in [0.2, 0.25) is 0 Å². The van der Waals surface area contributed by atoms with Crippen LogP contribution in [0, 0.1) is 5.92 Å². The summed E-state index contributed by atoms with van der Waals surface area (Å²) in [6.07, 6.45) is 1.24. The van der Waals surface area contributed by atoms with E-state index >= 15 is 0 Å². The van der Waals surface area contributed by atoms with Crippen molar-refractivity contribution < 1.29 is 9.47 Å². The van der Waals surface area contributed by atoms with Crippen molar-refractivity contribution in [3.63, 3.8) is 0 Å². The highest BCUT2D eigenvalue weighted by molar-refractivity contribution is 14.0.